The standard InChI is InChI=1S/C21H28N4O3/c1-4-6-12-27-17-10-8-16(9-11-17)19-18(20(26)28-13-7-5-2)15(3)24-21-22-14-23-25(19)21/h8-11,14,19H,4-7,12-13H2,1-3H3,(H,22,23,24). The zero-order chi connectivity index (χ0) is 19.9. The van der Waals surface area contributed by atoms with Gasteiger partial charge in [0.2, 0.25) is 5.95 Å². The Morgan fingerprint density at radius 3 is 2.57 bits per heavy atom. The first kappa shape index (κ1) is 19.9. The van der Waals surface area contributed by atoms with Crippen molar-refractivity contribution in [2.75, 3.05) is 18.5 Å². The average Bonchev–Trinajstić information content (AvgIpc) is 3.16. The van der Waals surface area contributed by atoms with Crippen molar-refractivity contribution in [3.05, 3.63) is 47.4 Å². The van der Waals surface area contributed by atoms with Gasteiger partial charge in [0.1, 0.15) is 18.1 Å². The molecule has 1 unspecified atom stereocenters. The molecule has 0 bridgehead atoms. The van der Waals surface area contributed by atoms with Gasteiger partial charge in [-0.05, 0) is 37.5 Å². The van der Waals surface area contributed by atoms with E-state index in [1.54, 1.807) is 4.68 Å². The Morgan fingerprint density at radius 1 is 1.14 bits per heavy atom. The van der Waals surface area contributed by atoms with Gasteiger partial charge in [-0.3, -0.25) is 0 Å². The number of nitrogens with one attached hydrogen (secondary N) is 1. The number of benzene rings is 1. The molecule has 0 saturated heterocycles. The Kier molecular flexibility index (Phi) is 6.68. The van der Waals surface area contributed by atoms with Crippen LogP contribution in [0.4, 0.5) is 5.95 Å². The number of hydrogen-bond acceptors (Lipinski definition) is 6. The molecule has 1 atom stereocenters. The summed E-state index contributed by atoms with van der Waals surface area (Å²) < 4.78 is 13.0. The summed E-state index contributed by atoms with van der Waals surface area (Å²) in [6.45, 7) is 7.17. The summed E-state index contributed by atoms with van der Waals surface area (Å²) in [6, 6.07) is 7.40. The van der Waals surface area contributed by atoms with Crippen molar-refractivity contribution in [3.63, 3.8) is 0 Å². The summed E-state index contributed by atoms with van der Waals surface area (Å²) >= 11 is 0. The molecule has 1 aromatic carbocycles. The molecule has 2 aromatic rings. The fraction of sp³-hybridized carbons (Fsp3) is 0.476. The van der Waals surface area contributed by atoms with Gasteiger partial charge in [0.05, 0.1) is 18.8 Å². The monoisotopic (exact) mass is 384 g/mol. The molecule has 3 rings (SSSR count). The van der Waals surface area contributed by atoms with Crippen molar-refractivity contribution in [2.45, 2.75) is 52.5 Å². The van der Waals surface area contributed by atoms with Crippen LogP contribution < -0.4 is 10.1 Å². The summed E-state index contributed by atoms with van der Waals surface area (Å²) in [5.74, 6) is 1.10. The van der Waals surface area contributed by atoms with Gasteiger partial charge in [0, 0.05) is 5.70 Å². The number of carbonyl (C=O) groups is 1. The second-order valence-electron chi connectivity index (χ2n) is 6.85. The summed E-state index contributed by atoms with van der Waals surface area (Å²) in [6.07, 6.45) is 5.41. The van der Waals surface area contributed by atoms with Gasteiger partial charge < -0.3 is 14.8 Å². The average molecular weight is 384 g/mol. The lowest BCUT2D eigenvalue weighted by Gasteiger charge is -2.28. The largest absolute Gasteiger partial charge is 0.494 e. The van der Waals surface area contributed by atoms with E-state index in [4.69, 9.17) is 9.47 Å². The Balaban J connectivity index is 1.88. The first-order valence-electron chi connectivity index (χ1n) is 9.92. The topological polar surface area (TPSA) is 78.3 Å². The summed E-state index contributed by atoms with van der Waals surface area (Å²) in [7, 11) is 0. The third kappa shape index (κ3) is 4.35. The zero-order valence-corrected chi connectivity index (χ0v) is 16.8. The molecule has 2 heterocycles. The van der Waals surface area contributed by atoms with Crippen molar-refractivity contribution >= 4 is 11.9 Å². The Morgan fingerprint density at radius 2 is 1.86 bits per heavy atom. The Hall–Kier alpha value is -2.83. The Labute approximate surface area is 165 Å². The molecular weight excluding hydrogens is 356 g/mol. The highest BCUT2D eigenvalue weighted by Crippen LogP contribution is 2.35. The number of fused-ring (bicyclic) bond motifs is 1. The van der Waals surface area contributed by atoms with Crippen molar-refractivity contribution in [2.24, 2.45) is 0 Å². The van der Waals surface area contributed by atoms with Crippen LogP contribution in [0.2, 0.25) is 0 Å². The van der Waals surface area contributed by atoms with Gasteiger partial charge in [-0.15, -0.1) is 0 Å². The molecule has 1 aliphatic rings. The lowest BCUT2D eigenvalue weighted by atomic mass is 9.96. The summed E-state index contributed by atoms with van der Waals surface area (Å²) in [5, 5.41) is 7.48. The number of carbonyl (C=O) groups excluding carboxylic acids is 1. The van der Waals surface area contributed by atoms with Gasteiger partial charge in [-0.2, -0.15) is 10.1 Å². The summed E-state index contributed by atoms with van der Waals surface area (Å²) in [4.78, 5) is 17.1. The van der Waals surface area contributed by atoms with Crippen LogP contribution in [0.1, 0.15) is 58.1 Å². The van der Waals surface area contributed by atoms with Crippen molar-refractivity contribution in [3.8, 4) is 5.75 Å². The van der Waals surface area contributed by atoms with Crippen LogP contribution in [-0.2, 0) is 9.53 Å². The summed E-state index contributed by atoms with van der Waals surface area (Å²) in [5.41, 5.74) is 2.21. The number of rotatable bonds is 9. The van der Waals surface area contributed by atoms with Gasteiger partial charge >= 0.3 is 5.97 Å². The molecule has 150 valence electrons. The second kappa shape index (κ2) is 9.39. The molecule has 28 heavy (non-hydrogen) atoms. The van der Waals surface area contributed by atoms with Gasteiger partial charge in [-0.25, -0.2) is 9.48 Å². The van der Waals surface area contributed by atoms with Gasteiger partial charge in [0.25, 0.3) is 0 Å². The molecule has 0 saturated carbocycles. The number of allylic oxidation sites excluding steroid dienone is 1. The van der Waals surface area contributed by atoms with Crippen molar-refractivity contribution in [1.29, 1.82) is 0 Å². The highest BCUT2D eigenvalue weighted by molar-refractivity contribution is 5.92. The van der Waals surface area contributed by atoms with Crippen LogP contribution in [0.15, 0.2) is 41.9 Å². The number of hydrogen-bond donors (Lipinski definition) is 1. The third-order valence-corrected chi connectivity index (χ3v) is 4.71. The molecule has 7 nitrogen and oxygen atoms in total. The normalized spacial score (nSPS) is 15.8. The SMILES string of the molecule is CCCCOC(=O)C1=C(C)Nc2ncnn2C1c1ccc(OCCCC)cc1. The van der Waals surface area contributed by atoms with Crippen LogP contribution >= 0.6 is 0 Å². The molecule has 0 fully saturated rings. The predicted octanol–water partition coefficient (Wildman–Crippen LogP) is 4.09. The minimum Gasteiger partial charge on any atom is -0.494 e. The molecule has 1 aromatic heterocycles. The fourth-order valence-electron chi connectivity index (χ4n) is 3.13. The third-order valence-electron chi connectivity index (χ3n) is 4.71. The van der Waals surface area contributed by atoms with E-state index in [2.05, 4.69) is 29.2 Å². The van der Waals surface area contributed by atoms with E-state index in [-0.39, 0.29) is 5.97 Å². The number of ether oxygens (including phenoxy) is 2. The molecular formula is C21H28N4O3. The number of anilines is 1. The van der Waals surface area contributed by atoms with E-state index in [0.29, 0.717) is 24.7 Å². The molecule has 0 aliphatic carbocycles. The number of nitrogens with zero attached hydrogens (tertiary/aromatic N) is 3. The first-order valence-corrected chi connectivity index (χ1v) is 9.92. The maximum atomic E-state index is 12.8. The lowest BCUT2D eigenvalue weighted by molar-refractivity contribution is -0.139. The van der Waals surface area contributed by atoms with E-state index in [9.17, 15) is 4.79 Å². The minimum absolute atomic E-state index is 0.326. The number of unbranched alkanes of at least 4 members (excludes halogenated alkanes) is 2. The molecule has 0 spiro atoms. The van der Waals surface area contributed by atoms with Crippen LogP contribution in [0.25, 0.3) is 0 Å². The van der Waals surface area contributed by atoms with E-state index in [0.717, 1.165) is 42.7 Å². The molecule has 0 amide bonds. The minimum atomic E-state index is -0.391. The van der Waals surface area contributed by atoms with Crippen LogP contribution in [0.3, 0.4) is 0 Å². The van der Waals surface area contributed by atoms with Gasteiger partial charge in [0.15, 0.2) is 0 Å². The Bertz CT molecular complexity index is 826. The maximum Gasteiger partial charge on any atom is 0.338 e. The molecule has 1 aliphatic heterocycles. The van der Waals surface area contributed by atoms with Crippen LogP contribution in [-0.4, -0.2) is 33.9 Å². The predicted molar refractivity (Wildman–Crippen MR) is 107 cm³/mol. The van der Waals surface area contributed by atoms with E-state index in [1.165, 1.54) is 6.33 Å². The van der Waals surface area contributed by atoms with Gasteiger partial charge in [-0.1, -0.05) is 38.8 Å². The van der Waals surface area contributed by atoms with Crippen LogP contribution in [0, 0.1) is 0 Å². The smallest absolute Gasteiger partial charge is 0.338 e. The lowest BCUT2D eigenvalue weighted by Crippen LogP contribution is -2.29. The molecule has 7 heteroatoms. The van der Waals surface area contributed by atoms with E-state index < -0.39 is 6.04 Å². The van der Waals surface area contributed by atoms with E-state index >= 15 is 0 Å². The highest BCUT2D eigenvalue weighted by Gasteiger charge is 2.34. The van der Waals surface area contributed by atoms with Crippen LogP contribution in [0.5, 0.6) is 5.75 Å². The van der Waals surface area contributed by atoms with Crippen molar-refractivity contribution < 1.29 is 14.3 Å². The highest BCUT2D eigenvalue weighted by atomic mass is 16.5. The molecule has 0 radical (unpaired) electrons. The quantitative estimate of drug-likeness (QED) is 0.518. The first-order chi connectivity index (χ1) is 13.7. The van der Waals surface area contributed by atoms with Crippen molar-refractivity contribution in [1.82, 2.24) is 14.8 Å². The molecule has 1 N–H and O–H groups in total. The fourth-order valence-corrected chi connectivity index (χ4v) is 3.13. The second-order valence-corrected chi connectivity index (χ2v) is 6.85. The maximum absolute atomic E-state index is 12.8. The number of esters is 1. The van der Waals surface area contributed by atoms with E-state index in [1.807, 2.05) is 31.2 Å². The zero-order valence-electron chi connectivity index (χ0n) is 16.8. The number of aromatic nitrogens is 3.